The third-order valence-electron chi connectivity index (χ3n) is 6.33. The van der Waals surface area contributed by atoms with E-state index in [9.17, 15) is 14.7 Å². The second-order valence-corrected chi connectivity index (χ2v) is 8.71. The standard InChI is InChI=1S/C26H32N2O6/c1-4-15-33-19-10-8-18(16-21(19)32-3)23-22(24(29)20-9-7-17(2)34-20)25(30)26(31)28(23)14-13-27-11-5-6-12-27/h7-10,16,23,30H,4-6,11-15H2,1-3H3. The third kappa shape index (κ3) is 4.68. The van der Waals surface area contributed by atoms with Gasteiger partial charge >= 0.3 is 0 Å². The first-order valence-electron chi connectivity index (χ1n) is 11.8. The molecule has 2 aliphatic heterocycles. The van der Waals surface area contributed by atoms with Crippen LogP contribution in [0.4, 0.5) is 0 Å². The Labute approximate surface area is 199 Å². The lowest BCUT2D eigenvalue weighted by atomic mass is 9.94. The number of rotatable bonds is 10. The Bertz CT molecular complexity index is 1080. The van der Waals surface area contributed by atoms with Crippen molar-refractivity contribution >= 4 is 11.7 Å². The van der Waals surface area contributed by atoms with Gasteiger partial charge in [0.05, 0.1) is 25.3 Å². The molecule has 0 aliphatic carbocycles. The van der Waals surface area contributed by atoms with Crippen LogP contribution in [0.3, 0.4) is 0 Å². The van der Waals surface area contributed by atoms with Crippen molar-refractivity contribution in [1.82, 2.24) is 9.80 Å². The van der Waals surface area contributed by atoms with Crippen molar-refractivity contribution < 1.29 is 28.6 Å². The van der Waals surface area contributed by atoms with E-state index in [-0.39, 0.29) is 11.3 Å². The van der Waals surface area contributed by atoms with Gasteiger partial charge in [-0.25, -0.2) is 0 Å². The van der Waals surface area contributed by atoms with Crippen molar-refractivity contribution in [3.63, 3.8) is 0 Å². The maximum absolute atomic E-state index is 13.4. The Morgan fingerprint density at radius 2 is 1.91 bits per heavy atom. The zero-order valence-corrected chi connectivity index (χ0v) is 20.0. The minimum absolute atomic E-state index is 0.0186. The van der Waals surface area contributed by atoms with E-state index in [0.717, 1.165) is 32.4 Å². The molecule has 2 aromatic rings. The molecule has 8 nitrogen and oxygen atoms in total. The predicted octanol–water partition coefficient (Wildman–Crippen LogP) is 4.06. The Morgan fingerprint density at radius 3 is 2.56 bits per heavy atom. The summed E-state index contributed by atoms with van der Waals surface area (Å²) in [5.41, 5.74) is 0.677. The molecule has 0 saturated carbocycles. The van der Waals surface area contributed by atoms with Crippen molar-refractivity contribution in [2.75, 3.05) is 39.9 Å². The number of carbonyl (C=O) groups excluding carboxylic acids is 2. The summed E-state index contributed by atoms with van der Waals surface area (Å²) in [6, 6.07) is 7.85. The SMILES string of the molecule is CCCOc1ccc(C2C(C(=O)c3ccc(C)o3)=C(O)C(=O)N2CCN2CCCC2)cc1OC. The predicted molar refractivity (Wildman–Crippen MR) is 126 cm³/mol. The minimum atomic E-state index is -0.762. The van der Waals surface area contributed by atoms with Crippen molar-refractivity contribution in [1.29, 1.82) is 0 Å². The van der Waals surface area contributed by atoms with Gasteiger partial charge in [-0.05, 0) is 69.1 Å². The molecular formula is C26H32N2O6. The van der Waals surface area contributed by atoms with E-state index in [4.69, 9.17) is 13.9 Å². The summed E-state index contributed by atoms with van der Waals surface area (Å²) < 4.78 is 16.8. The summed E-state index contributed by atoms with van der Waals surface area (Å²) in [6.07, 6.45) is 3.13. The number of nitrogens with zero attached hydrogens (tertiary/aromatic N) is 2. The summed E-state index contributed by atoms with van der Waals surface area (Å²) >= 11 is 0. The van der Waals surface area contributed by atoms with Crippen molar-refractivity contribution in [3.05, 3.63) is 58.7 Å². The van der Waals surface area contributed by atoms with E-state index >= 15 is 0 Å². The fourth-order valence-corrected chi connectivity index (χ4v) is 4.59. The highest BCUT2D eigenvalue weighted by molar-refractivity contribution is 6.15. The van der Waals surface area contributed by atoms with Crippen molar-refractivity contribution in [3.8, 4) is 11.5 Å². The molecule has 34 heavy (non-hydrogen) atoms. The number of carbonyl (C=O) groups is 2. The average Bonchev–Trinajstić information content (AvgIpc) is 3.57. The number of Topliss-reactive ketones (excluding diaryl/α,β-unsaturated/α-hetero) is 1. The Kier molecular flexibility index (Phi) is 7.26. The molecule has 1 aromatic heterocycles. The maximum atomic E-state index is 13.4. The molecule has 4 rings (SSSR count). The third-order valence-corrected chi connectivity index (χ3v) is 6.33. The number of hydrogen-bond donors (Lipinski definition) is 1. The lowest BCUT2D eigenvalue weighted by Crippen LogP contribution is -2.38. The molecule has 1 saturated heterocycles. The van der Waals surface area contributed by atoms with Crippen LogP contribution in [0.1, 0.15) is 54.1 Å². The van der Waals surface area contributed by atoms with Gasteiger partial charge in [-0.1, -0.05) is 13.0 Å². The van der Waals surface area contributed by atoms with Crippen LogP contribution in [-0.4, -0.2) is 66.5 Å². The van der Waals surface area contributed by atoms with Gasteiger partial charge in [0.1, 0.15) is 5.76 Å². The Morgan fingerprint density at radius 1 is 1.15 bits per heavy atom. The summed E-state index contributed by atoms with van der Waals surface area (Å²) in [7, 11) is 1.55. The molecule has 0 bridgehead atoms. The minimum Gasteiger partial charge on any atom is -0.503 e. The maximum Gasteiger partial charge on any atom is 0.290 e. The highest BCUT2D eigenvalue weighted by Crippen LogP contribution is 2.41. The molecule has 0 radical (unpaired) electrons. The number of aryl methyl sites for hydroxylation is 1. The van der Waals surface area contributed by atoms with E-state index in [2.05, 4.69) is 4.90 Å². The Hall–Kier alpha value is -3.26. The van der Waals surface area contributed by atoms with Crippen LogP contribution < -0.4 is 9.47 Å². The number of methoxy groups -OCH3 is 1. The molecular weight excluding hydrogens is 436 g/mol. The highest BCUT2D eigenvalue weighted by Gasteiger charge is 2.44. The molecule has 1 amide bonds. The zero-order valence-electron chi connectivity index (χ0n) is 20.0. The van der Waals surface area contributed by atoms with Gasteiger partial charge in [0.25, 0.3) is 5.91 Å². The van der Waals surface area contributed by atoms with Gasteiger partial charge in [0, 0.05) is 13.1 Å². The Balaban J connectivity index is 1.72. The number of ketones is 1. The largest absolute Gasteiger partial charge is 0.503 e. The molecule has 182 valence electrons. The first kappa shape index (κ1) is 23.9. The average molecular weight is 469 g/mol. The van der Waals surface area contributed by atoms with E-state index in [1.165, 1.54) is 0 Å². The van der Waals surface area contributed by atoms with Crippen LogP contribution in [0.15, 0.2) is 46.1 Å². The van der Waals surface area contributed by atoms with Gasteiger partial charge in [0.2, 0.25) is 5.78 Å². The van der Waals surface area contributed by atoms with E-state index < -0.39 is 23.5 Å². The fraction of sp³-hybridized carbons (Fsp3) is 0.462. The second kappa shape index (κ2) is 10.3. The molecule has 3 heterocycles. The number of aliphatic hydroxyl groups excluding tert-OH is 1. The number of hydrogen-bond acceptors (Lipinski definition) is 7. The first-order valence-corrected chi connectivity index (χ1v) is 11.8. The summed E-state index contributed by atoms with van der Waals surface area (Å²) in [4.78, 5) is 30.4. The van der Waals surface area contributed by atoms with Crippen LogP contribution in [0.2, 0.25) is 0 Å². The highest BCUT2D eigenvalue weighted by atomic mass is 16.5. The monoisotopic (exact) mass is 468 g/mol. The number of ether oxygens (including phenoxy) is 2. The van der Waals surface area contributed by atoms with Gasteiger partial charge < -0.3 is 28.8 Å². The van der Waals surface area contributed by atoms with Gasteiger partial charge in [-0.3, -0.25) is 9.59 Å². The van der Waals surface area contributed by atoms with E-state index in [1.54, 1.807) is 43.2 Å². The van der Waals surface area contributed by atoms with Gasteiger partial charge in [-0.2, -0.15) is 0 Å². The fourth-order valence-electron chi connectivity index (χ4n) is 4.59. The van der Waals surface area contributed by atoms with Crippen LogP contribution >= 0.6 is 0 Å². The number of aliphatic hydroxyl groups is 1. The first-order chi connectivity index (χ1) is 16.4. The van der Waals surface area contributed by atoms with Crippen LogP contribution in [0.5, 0.6) is 11.5 Å². The lowest BCUT2D eigenvalue weighted by Gasteiger charge is -2.29. The van der Waals surface area contributed by atoms with Crippen molar-refractivity contribution in [2.45, 2.75) is 39.2 Å². The summed E-state index contributed by atoms with van der Waals surface area (Å²) in [5, 5.41) is 10.8. The second-order valence-electron chi connectivity index (χ2n) is 8.71. The summed E-state index contributed by atoms with van der Waals surface area (Å²) in [6.45, 7) is 7.34. The van der Waals surface area contributed by atoms with Crippen LogP contribution in [0, 0.1) is 6.92 Å². The molecule has 1 atom stereocenters. The lowest BCUT2D eigenvalue weighted by molar-refractivity contribution is -0.129. The van der Waals surface area contributed by atoms with Crippen LogP contribution in [0.25, 0.3) is 0 Å². The van der Waals surface area contributed by atoms with E-state index in [1.807, 2.05) is 13.0 Å². The van der Waals surface area contributed by atoms with Crippen LogP contribution in [-0.2, 0) is 4.79 Å². The molecule has 2 aliphatic rings. The smallest absolute Gasteiger partial charge is 0.290 e. The summed E-state index contributed by atoms with van der Waals surface area (Å²) in [5.74, 6) is 0.172. The number of amides is 1. The molecule has 1 aromatic carbocycles. The topological polar surface area (TPSA) is 92.5 Å². The van der Waals surface area contributed by atoms with Gasteiger partial charge in [-0.15, -0.1) is 0 Å². The zero-order chi connectivity index (χ0) is 24.2. The number of furan rings is 1. The molecule has 1 N–H and O–H groups in total. The van der Waals surface area contributed by atoms with E-state index in [0.29, 0.717) is 42.5 Å². The van der Waals surface area contributed by atoms with Gasteiger partial charge in [0.15, 0.2) is 23.0 Å². The quantitative estimate of drug-likeness (QED) is 0.526. The van der Waals surface area contributed by atoms with Crippen molar-refractivity contribution in [2.24, 2.45) is 0 Å². The molecule has 1 unspecified atom stereocenters. The number of benzene rings is 1. The molecule has 8 heteroatoms. The number of likely N-dealkylation sites (tertiary alicyclic amines) is 1. The normalized spacial score (nSPS) is 18.7. The molecule has 0 spiro atoms. The molecule has 1 fully saturated rings.